The Morgan fingerprint density at radius 3 is 2.71 bits per heavy atom. The number of aliphatic hydroxyl groups is 1. The van der Waals surface area contributed by atoms with Crippen molar-refractivity contribution in [3.05, 3.63) is 6.33 Å². The molecule has 31 heavy (non-hydrogen) atoms. The summed E-state index contributed by atoms with van der Waals surface area (Å²) in [6, 6.07) is -0.124. The molecule has 0 saturated carbocycles. The molecule has 3 rings (SSSR count). The number of carbonyl (C=O) groups is 1. The molecule has 3 atom stereocenters. The lowest BCUT2D eigenvalue weighted by Crippen LogP contribution is -2.36. The maximum Gasteiger partial charge on any atom is 0.410 e. The molecule has 3 heterocycles. The third kappa shape index (κ3) is 5.55. The van der Waals surface area contributed by atoms with Gasteiger partial charge < -0.3 is 29.9 Å². The molecule has 1 fully saturated rings. The number of aryl methyl sites for hydroxylation is 1. The van der Waals surface area contributed by atoms with Crippen molar-refractivity contribution in [2.24, 2.45) is 0 Å². The molecule has 0 aliphatic carbocycles. The van der Waals surface area contributed by atoms with E-state index in [1.54, 1.807) is 18.2 Å². The number of hydrogen-bond donors (Lipinski definition) is 3. The number of nitrogens with zero attached hydrogens (tertiary/aromatic N) is 5. The number of likely N-dealkylation sites (tertiary alicyclic amines) is 1. The summed E-state index contributed by atoms with van der Waals surface area (Å²) < 4.78 is 7.45. The highest BCUT2D eigenvalue weighted by atomic mass is 16.6. The van der Waals surface area contributed by atoms with Crippen molar-refractivity contribution in [3.8, 4) is 0 Å². The maximum absolute atomic E-state index is 12.4. The molecule has 1 aliphatic heterocycles. The summed E-state index contributed by atoms with van der Waals surface area (Å²) in [6.45, 7) is 13.3. The second kappa shape index (κ2) is 9.25. The van der Waals surface area contributed by atoms with Gasteiger partial charge >= 0.3 is 6.09 Å². The Morgan fingerprint density at radius 2 is 2.10 bits per heavy atom. The van der Waals surface area contributed by atoms with Crippen molar-refractivity contribution in [3.63, 3.8) is 0 Å². The Bertz CT molecular complexity index is 906. The van der Waals surface area contributed by atoms with Crippen molar-refractivity contribution < 1.29 is 14.6 Å². The fraction of sp³-hybridized carbons (Fsp3) is 0.714. The van der Waals surface area contributed by atoms with Gasteiger partial charge in [0.05, 0.1) is 18.5 Å². The Morgan fingerprint density at radius 1 is 1.35 bits per heavy atom. The Labute approximate surface area is 183 Å². The number of carbonyl (C=O) groups excluding carboxylic acids is 1. The van der Waals surface area contributed by atoms with Gasteiger partial charge in [0.2, 0.25) is 5.95 Å². The number of amides is 1. The number of ether oxygens (including phenoxy) is 1. The zero-order valence-electron chi connectivity index (χ0n) is 19.3. The van der Waals surface area contributed by atoms with E-state index in [4.69, 9.17) is 4.74 Å². The van der Waals surface area contributed by atoms with Crippen LogP contribution in [0.15, 0.2) is 6.33 Å². The molecule has 10 heteroatoms. The van der Waals surface area contributed by atoms with Crippen molar-refractivity contribution in [1.82, 2.24) is 24.4 Å². The quantitative estimate of drug-likeness (QED) is 0.610. The minimum absolute atomic E-state index is 0.0315. The molecule has 10 nitrogen and oxygen atoms in total. The molecule has 0 spiro atoms. The van der Waals surface area contributed by atoms with Gasteiger partial charge in [-0.2, -0.15) is 9.97 Å². The third-order valence-electron chi connectivity index (χ3n) is 5.32. The van der Waals surface area contributed by atoms with Crippen LogP contribution in [0.4, 0.5) is 16.6 Å². The lowest BCUT2D eigenvalue weighted by molar-refractivity contribution is 0.0293. The molecular weight excluding hydrogens is 398 g/mol. The van der Waals surface area contributed by atoms with Crippen LogP contribution >= 0.6 is 0 Å². The second-order valence-electron chi connectivity index (χ2n) is 9.05. The number of imidazole rings is 1. The molecule has 1 aliphatic rings. The number of nitrogens with one attached hydrogen (secondary N) is 2. The Kier molecular flexibility index (Phi) is 6.88. The van der Waals surface area contributed by atoms with Crippen molar-refractivity contribution in [2.75, 3.05) is 23.7 Å². The summed E-state index contributed by atoms with van der Waals surface area (Å²) in [5.41, 5.74) is 0.896. The zero-order valence-corrected chi connectivity index (χ0v) is 19.3. The summed E-state index contributed by atoms with van der Waals surface area (Å²) in [5, 5.41) is 16.7. The van der Waals surface area contributed by atoms with Gasteiger partial charge in [0.25, 0.3) is 0 Å². The summed E-state index contributed by atoms with van der Waals surface area (Å²) in [7, 11) is 0. The number of hydrogen-bond acceptors (Lipinski definition) is 8. The van der Waals surface area contributed by atoms with E-state index in [0.29, 0.717) is 30.4 Å². The van der Waals surface area contributed by atoms with Gasteiger partial charge in [0.1, 0.15) is 5.60 Å². The molecule has 3 N–H and O–H groups in total. The Balaban J connectivity index is 1.81. The van der Waals surface area contributed by atoms with Crippen molar-refractivity contribution in [2.45, 2.75) is 84.7 Å². The largest absolute Gasteiger partial charge is 0.444 e. The van der Waals surface area contributed by atoms with Crippen LogP contribution in [0, 0.1) is 0 Å². The highest BCUT2D eigenvalue weighted by Gasteiger charge is 2.30. The highest BCUT2D eigenvalue weighted by Crippen LogP contribution is 2.25. The van der Waals surface area contributed by atoms with Crippen molar-refractivity contribution in [1.29, 1.82) is 0 Å². The van der Waals surface area contributed by atoms with Crippen molar-refractivity contribution >= 4 is 29.0 Å². The summed E-state index contributed by atoms with van der Waals surface area (Å²) >= 11 is 0. The van der Waals surface area contributed by atoms with Crippen LogP contribution in [0.3, 0.4) is 0 Å². The summed E-state index contributed by atoms with van der Waals surface area (Å²) in [4.78, 5) is 27.9. The molecular formula is C21H35N7O3. The molecule has 172 valence electrons. The van der Waals surface area contributed by atoms with Crippen LogP contribution in [0.1, 0.15) is 54.4 Å². The average molecular weight is 434 g/mol. The highest BCUT2D eigenvalue weighted by molar-refractivity contribution is 5.84. The molecule has 1 amide bonds. The average Bonchev–Trinajstić information content (AvgIpc) is 3.31. The van der Waals surface area contributed by atoms with Crippen LogP contribution in [-0.4, -0.2) is 72.5 Å². The molecule has 0 aromatic carbocycles. The van der Waals surface area contributed by atoms with Gasteiger partial charge in [-0.05, 0) is 47.5 Å². The topological polar surface area (TPSA) is 117 Å². The first kappa shape index (κ1) is 23.1. The van der Waals surface area contributed by atoms with Crippen LogP contribution in [-0.2, 0) is 11.3 Å². The number of fused-ring (bicyclic) bond motifs is 1. The predicted molar refractivity (Wildman–Crippen MR) is 120 cm³/mol. The van der Waals surface area contributed by atoms with Gasteiger partial charge in [0.15, 0.2) is 17.0 Å². The van der Waals surface area contributed by atoms with Crippen LogP contribution in [0.5, 0.6) is 0 Å². The third-order valence-corrected chi connectivity index (χ3v) is 5.32. The summed E-state index contributed by atoms with van der Waals surface area (Å²) in [6.07, 6.45) is 2.44. The second-order valence-corrected chi connectivity index (χ2v) is 9.05. The first-order valence-corrected chi connectivity index (χ1v) is 11.0. The van der Waals surface area contributed by atoms with E-state index in [-0.39, 0.29) is 18.2 Å². The number of aliphatic hydroxyl groups excluding tert-OH is 1. The normalized spacial score (nSPS) is 18.8. The fourth-order valence-corrected chi connectivity index (χ4v) is 3.63. The first-order chi connectivity index (χ1) is 14.6. The lowest BCUT2D eigenvalue weighted by atomic mass is 10.1. The Hall–Kier alpha value is -2.62. The van der Waals surface area contributed by atoms with Gasteiger partial charge in [-0.1, -0.05) is 6.92 Å². The van der Waals surface area contributed by atoms with E-state index < -0.39 is 11.7 Å². The number of aromatic nitrogens is 4. The molecule has 2 aromatic heterocycles. The maximum atomic E-state index is 12.4. The molecule has 0 unspecified atom stereocenters. The van der Waals surface area contributed by atoms with E-state index in [1.807, 2.05) is 39.2 Å². The minimum Gasteiger partial charge on any atom is -0.444 e. The van der Waals surface area contributed by atoms with E-state index in [9.17, 15) is 9.90 Å². The minimum atomic E-state index is -0.533. The molecule has 2 aromatic rings. The smallest absolute Gasteiger partial charge is 0.410 e. The monoisotopic (exact) mass is 433 g/mol. The zero-order chi connectivity index (χ0) is 22.8. The number of rotatable bonds is 7. The van der Waals surface area contributed by atoms with E-state index >= 15 is 0 Å². The van der Waals surface area contributed by atoms with Crippen LogP contribution in [0.2, 0.25) is 0 Å². The van der Waals surface area contributed by atoms with Crippen LogP contribution in [0.25, 0.3) is 11.2 Å². The first-order valence-electron chi connectivity index (χ1n) is 11.0. The predicted octanol–water partition coefficient (Wildman–Crippen LogP) is 2.84. The van der Waals surface area contributed by atoms with Gasteiger partial charge in [-0.25, -0.2) is 9.78 Å². The summed E-state index contributed by atoms with van der Waals surface area (Å²) in [5.74, 6) is 1.07. The van der Waals surface area contributed by atoms with Crippen LogP contribution < -0.4 is 10.6 Å². The van der Waals surface area contributed by atoms with E-state index in [0.717, 1.165) is 25.0 Å². The van der Waals surface area contributed by atoms with E-state index in [2.05, 4.69) is 25.6 Å². The molecule has 1 saturated heterocycles. The molecule has 0 bridgehead atoms. The van der Waals surface area contributed by atoms with Gasteiger partial charge in [-0.15, -0.1) is 0 Å². The standard InChI is InChI=1S/C21H35N7O3/c1-7-15(13(3)29)24-19-25-17(16-18(26-19)27(8-2)12-22-16)23-14-9-10-28(11-14)20(30)31-21(4,5)6/h12-15,29H,7-11H2,1-6H3,(H2,23,24,25,26)/t13-,14+,15+/m1/s1. The van der Waals surface area contributed by atoms with Gasteiger partial charge in [0, 0.05) is 25.7 Å². The van der Waals surface area contributed by atoms with Gasteiger partial charge in [-0.3, -0.25) is 0 Å². The van der Waals surface area contributed by atoms with E-state index in [1.165, 1.54) is 0 Å². The number of anilines is 2. The molecule has 0 radical (unpaired) electrons. The SMILES string of the molecule is CC[C@H](Nc1nc(N[C@H]2CCN(C(=O)OC(C)(C)C)C2)c2ncn(CC)c2n1)[C@@H](C)O. The fourth-order valence-electron chi connectivity index (χ4n) is 3.63. The lowest BCUT2D eigenvalue weighted by Gasteiger charge is -2.24.